The van der Waals surface area contributed by atoms with Gasteiger partial charge in [0.25, 0.3) is 0 Å². The third kappa shape index (κ3) is 3.34. The molecule has 0 unspecified atom stereocenters. The Kier molecular flexibility index (Phi) is 4.83. The summed E-state index contributed by atoms with van der Waals surface area (Å²) in [5.41, 5.74) is 18.7. The highest BCUT2D eigenvalue weighted by atomic mass is 14.6. The molecule has 2 heteroatoms. The Balaban J connectivity index is 2.47. The highest BCUT2D eigenvalue weighted by Gasteiger charge is 2.11. The minimum Gasteiger partial charge on any atom is -0.398 e. The van der Waals surface area contributed by atoms with Crippen LogP contribution in [0.3, 0.4) is 0 Å². The van der Waals surface area contributed by atoms with Crippen molar-refractivity contribution < 1.29 is 0 Å². The number of hydrogen-bond acceptors (Lipinski definition) is 2. The van der Waals surface area contributed by atoms with Gasteiger partial charge in [0, 0.05) is 17.8 Å². The van der Waals surface area contributed by atoms with E-state index in [4.69, 9.17) is 11.5 Å². The highest BCUT2D eigenvalue weighted by molar-refractivity contribution is 5.59. The topological polar surface area (TPSA) is 52.0 Å². The number of benzene rings is 2. The maximum atomic E-state index is 6.18. The lowest BCUT2D eigenvalue weighted by molar-refractivity contribution is 1.08. The van der Waals surface area contributed by atoms with Crippen molar-refractivity contribution in [3.8, 4) is 0 Å². The molecule has 0 radical (unpaired) electrons. The minimum absolute atomic E-state index is 0.742. The van der Waals surface area contributed by atoms with Crippen molar-refractivity contribution >= 4 is 11.4 Å². The van der Waals surface area contributed by atoms with Crippen LogP contribution in [0.4, 0.5) is 11.4 Å². The Morgan fingerprint density at radius 3 is 1.57 bits per heavy atom. The van der Waals surface area contributed by atoms with Crippen molar-refractivity contribution in [2.75, 3.05) is 11.5 Å². The molecule has 0 bridgehead atoms. The standard InChI is InChI=1S/C19H22N2/c1-3-7-14-9-5-11-18(20)16(14)13-17-15(8-4-2)10-6-12-19(17)21/h3-6,9-12H,1-2,7-8,13,20-21H2. The molecule has 0 saturated carbocycles. The van der Waals surface area contributed by atoms with E-state index in [2.05, 4.69) is 25.3 Å². The maximum absolute atomic E-state index is 6.18. The number of allylic oxidation sites excluding steroid dienone is 2. The number of nitrogens with two attached hydrogens (primary N) is 2. The van der Waals surface area contributed by atoms with Crippen LogP contribution in [0.25, 0.3) is 0 Å². The van der Waals surface area contributed by atoms with E-state index in [0.29, 0.717) is 0 Å². The molecule has 0 aliphatic carbocycles. The summed E-state index contributed by atoms with van der Waals surface area (Å²) in [5, 5.41) is 0. The van der Waals surface area contributed by atoms with Crippen molar-refractivity contribution in [1.29, 1.82) is 0 Å². The monoisotopic (exact) mass is 278 g/mol. The largest absolute Gasteiger partial charge is 0.398 e. The number of nitrogen functional groups attached to an aromatic ring is 2. The van der Waals surface area contributed by atoms with Gasteiger partial charge >= 0.3 is 0 Å². The molecule has 0 fully saturated rings. The number of rotatable bonds is 6. The normalized spacial score (nSPS) is 10.3. The molecule has 0 spiro atoms. The number of anilines is 2. The van der Waals surface area contributed by atoms with Crippen molar-refractivity contribution in [3.63, 3.8) is 0 Å². The minimum atomic E-state index is 0.742. The van der Waals surface area contributed by atoms with Gasteiger partial charge in [-0.15, -0.1) is 13.2 Å². The summed E-state index contributed by atoms with van der Waals surface area (Å²) in [6.07, 6.45) is 6.16. The van der Waals surface area contributed by atoms with Crippen LogP contribution in [-0.2, 0) is 19.3 Å². The van der Waals surface area contributed by atoms with Crippen LogP contribution in [0.5, 0.6) is 0 Å². The number of hydrogen-bond donors (Lipinski definition) is 2. The Labute approximate surface area is 126 Å². The summed E-state index contributed by atoms with van der Waals surface area (Å²) in [4.78, 5) is 0. The first-order valence-corrected chi connectivity index (χ1v) is 7.11. The fraction of sp³-hybridized carbons (Fsp3) is 0.158. The second kappa shape index (κ2) is 6.80. The summed E-state index contributed by atoms with van der Waals surface area (Å²) in [6.45, 7) is 7.64. The van der Waals surface area contributed by atoms with E-state index in [1.165, 1.54) is 11.1 Å². The highest BCUT2D eigenvalue weighted by Crippen LogP contribution is 2.27. The van der Waals surface area contributed by atoms with Gasteiger partial charge in [-0.25, -0.2) is 0 Å². The summed E-state index contributed by atoms with van der Waals surface area (Å²) in [6, 6.07) is 12.0. The molecule has 0 saturated heterocycles. The van der Waals surface area contributed by atoms with Crippen molar-refractivity contribution in [2.45, 2.75) is 19.3 Å². The fourth-order valence-electron chi connectivity index (χ4n) is 2.61. The molecule has 0 amide bonds. The average Bonchev–Trinajstić information content (AvgIpc) is 2.46. The first kappa shape index (κ1) is 14.9. The first-order chi connectivity index (χ1) is 10.2. The third-order valence-electron chi connectivity index (χ3n) is 3.70. The zero-order chi connectivity index (χ0) is 15.2. The Bertz CT molecular complexity index is 599. The Hall–Kier alpha value is -2.48. The molecular formula is C19H22N2. The van der Waals surface area contributed by atoms with Crippen LogP contribution in [0, 0.1) is 0 Å². The molecule has 0 aromatic heterocycles. The smallest absolute Gasteiger partial charge is 0.0352 e. The Morgan fingerprint density at radius 2 is 1.19 bits per heavy atom. The molecule has 2 aromatic rings. The predicted molar refractivity (Wildman–Crippen MR) is 92.3 cm³/mol. The van der Waals surface area contributed by atoms with Gasteiger partial charge in [-0.3, -0.25) is 0 Å². The fourth-order valence-corrected chi connectivity index (χ4v) is 2.61. The van der Waals surface area contributed by atoms with E-state index in [9.17, 15) is 0 Å². The summed E-state index contributed by atoms with van der Waals surface area (Å²) < 4.78 is 0. The quantitative estimate of drug-likeness (QED) is 0.622. The summed E-state index contributed by atoms with van der Waals surface area (Å²) >= 11 is 0. The van der Waals surface area contributed by atoms with Crippen LogP contribution >= 0.6 is 0 Å². The second-order valence-electron chi connectivity index (χ2n) is 5.13. The molecule has 4 N–H and O–H groups in total. The van der Waals surface area contributed by atoms with Gasteiger partial charge in [-0.05, 0) is 47.2 Å². The van der Waals surface area contributed by atoms with Gasteiger partial charge in [0.15, 0.2) is 0 Å². The van der Waals surface area contributed by atoms with Gasteiger partial charge in [-0.2, -0.15) is 0 Å². The van der Waals surface area contributed by atoms with E-state index in [1.807, 2.05) is 36.4 Å². The van der Waals surface area contributed by atoms with E-state index >= 15 is 0 Å². The van der Waals surface area contributed by atoms with E-state index < -0.39 is 0 Å². The molecule has 108 valence electrons. The molecule has 2 aromatic carbocycles. The zero-order valence-electron chi connectivity index (χ0n) is 12.3. The van der Waals surface area contributed by atoms with Gasteiger partial charge < -0.3 is 11.5 Å². The van der Waals surface area contributed by atoms with Gasteiger partial charge in [0.2, 0.25) is 0 Å². The zero-order valence-corrected chi connectivity index (χ0v) is 12.3. The lowest BCUT2D eigenvalue weighted by atomic mass is 9.92. The Morgan fingerprint density at radius 1 is 0.762 bits per heavy atom. The molecule has 2 nitrogen and oxygen atoms in total. The van der Waals surface area contributed by atoms with Crippen molar-refractivity contribution in [2.24, 2.45) is 0 Å². The maximum Gasteiger partial charge on any atom is 0.0352 e. The van der Waals surface area contributed by atoms with Crippen LogP contribution in [0.2, 0.25) is 0 Å². The van der Waals surface area contributed by atoms with Crippen molar-refractivity contribution in [3.05, 3.63) is 84.0 Å². The van der Waals surface area contributed by atoms with Crippen LogP contribution in [-0.4, -0.2) is 0 Å². The molecule has 2 rings (SSSR count). The lowest BCUT2D eigenvalue weighted by Gasteiger charge is -2.15. The van der Waals surface area contributed by atoms with Crippen LogP contribution < -0.4 is 11.5 Å². The lowest BCUT2D eigenvalue weighted by Crippen LogP contribution is -2.05. The molecular weight excluding hydrogens is 256 g/mol. The van der Waals surface area contributed by atoms with Gasteiger partial charge in [-0.1, -0.05) is 36.4 Å². The second-order valence-corrected chi connectivity index (χ2v) is 5.13. The molecule has 0 atom stereocenters. The average molecular weight is 278 g/mol. The van der Waals surface area contributed by atoms with Crippen LogP contribution in [0.1, 0.15) is 22.3 Å². The van der Waals surface area contributed by atoms with Gasteiger partial charge in [0.1, 0.15) is 0 Å². The molecule has 0 heterocycles. The first-order valence-electron chi connectivity index (χ1n) is 7.11. The molecule has 21 heavy (non-hydrogen) atoms. The summed E-state index contributed by atoms with van der Waals surface area (Å²) in [7, 11) is 0. The van der Waals surface area contributed by atoms with Crippen molar-refractivity contribution in [1.82, 2.24) is 0 Å². The van der Waals surface area contributed by atoms with Gasteiger partial charge in [0.05, 0.1) is 0 Å². The third-order valence-corrected chi connectivity index (χ3v) is 3.70. The predicted octanol–water partition coefficient (Wildman–Crippen LogP) is 3.90. The molecule has 0 aliphatic rings. The molecule has 0 aliphatic heterocycles. The summed E-state index contributed by atoms with van der Waals surface area (Å²) in [5.74, 6) is 0. The van der Waals surface area contributed by atoms with E-state index in [-0.39, 0.29) is 0 Å². The SMILES string of the molecule is C=CCc1cccc(N)c1Cc1c(N)cccc1CC=C. The van der Waals surface area contributed by atoms with Crippen LogP contribution in [0.15, 0.2) is 61.7 Å². The van der Waals surface area contributed by atoms with E-state index in [1.54, 1.807) is 0 Å². The van der Waals surface area contributed by atoms with E-state index in [0.717, 1.165) is 41.8 Å².